The Morgan fingerprint density at radius 1 is 1.18 bits per heavy atom. The van der Waals surface area contributed by atoms with Crippen LogP contribution in [-0.2, 0) is 17.8 Å². The molecule has 5 nitrogen and oxygen atoms in total. The predicted octanol–water partition coefficient (Wildman–Crippen LogP) is 4.73. The van der Waals surface area contributed by atoms with E-state index in [1.54, 1.807) is 24.1 Å². The smallest absolute Gasteiger partial charge is 0.233 e. The number of benzene rings is 2. The van der Waals surface area contributed by atoms with Crippen molar-refractivity contribution in [1.29, 1.82) is 0 Å². The summed E-state index contributed by atoms with van der Waals surface area (Å²) < 4.78 is 13.9. The molecule has 28 heavy (non-hydrogen) atoms. The Kier molecular flexibility index (Phi) is 7.00. The molecule has 146 valence electrons. The molecule has 0 saturated carbocycles. The molecular weight excluding hydrogens is 395 g/mol. The summed E-state index contributed by atoms with van der Waals surface area (Å²) in [7, 11) is 1.80. The summed E-state index contributed by atoms with van der Waals surface area (Å²) in [5.41, 5.74) is 3.00. The molecule has 3 aromatic rings. The molecule has 1 N–H and O–H groups in total. The van der Waals surface area contributed by atoms with Gasteiger partial charge in [0.2, 0.25) is 11.0 Å². The van der Waals surface area contributed by atoms with Crippen LogP contribution in [0.1, 0.15) is 18.1 Å². The van der Waals surface area contributed by atoms with Crippen molar-refractivity contribution in [3.05, 3.63) is 65.5 Å². The van der Waals surface area contributed by atoms with Crippen molar-refractivity contribution in [2.24, 2.45) is 0 Å². The van der Waals surface area contributed by atoms with Crippen molar-refractivity contribution in [2.75, 3.05) is 18.1 Å². The van der Waals surface area contributed by atoms with Crippen molar-refractivity contribution in [1.82, 2.24) is 15.1 Å². The van der Waals surface area contributed by atoms with Crippen molar-refractivity contribution in [2.45, 2.75) is 24.2 Å². The molecule has 0 spiro atoms. The monoisotopic (exact) mass is 416 g/mol. The number of carbonyl (C=O) groups excluding carboxylic acids is 1. The number of carbonyl (C=O) groups is 1. The average molecular weight is 417 g/mol. The zero-order chi connectivity index (χ0) is 19.9. The maximum atomic E-state index is 13.2. The van der Waals surface area contributed by atoms with Crippen LogP contribution in [0.15, 0.2) is 52.9 Å². The lowest BCUT2D eigenvalue weighted by Crippen LogP contribution is -2.27. The first-order valence-corrected chi connectivity index (χ1v) is 10.6. The molecular formula is C20H21FN4OS2. The minimum absolute atomic E-state index is 0.0272. The molecule has 0 radical (unpaired) electrons. The Morgan fingerprint density at radius 2 is 1.93 bits per heavy atom. The lowest BCUT2D eigenvalue weighted by molar-refractivity contribution is -0.127. The van der Waals surface area contributed by atoms with E-state index in [1.807, 2.05) is 0 Å². The number of nitrogens with one attached hydrogen (secondary N) is 1. The summed E-state index contributed by atoms with van der Waals surface area (Å²) in [4.78, 5) is 14.1. The zero-order valence-electron chi connectivity index (χ0n) is 15.7. The van der Waals surface area contributed by atoms with Gasteiger partial charge in [-0.1, -0.05) is 60.4 Å². The van der Waals surface area contributed by atoms with Crippen LogP contribution in [0.5, 0.6) is 0 Å². The number of anilines is 2. The van der Waals surface area contributed by atoms with Gasteiger partial charge in [0, 0.05) is 19.3 Å². The molecule has 0 atom stereocenters. The number of nitrogens with zero attached hydrogens (tertiary/aromatic N) is 3. The van der Waals surface area contributed by atoms with Gasteiger partial charge in [-0.15, -0.1) is 10.2 Å². The lowest BCUT2D eigenvalue weighted by Gasteiger charge is -2.17. The van der Waals surface area contributed by atoms with Gasteiger partial charge >= 0.3 is 0 Å². The summed E-state index contributed by atoms with van der Waals surface area (Å²) in [6.07, 6.45) is 1.00. The van der Waals surface area contributed by atoms with E-state index >= 15 is 0 Å². The summed E-state index contributed by atoms with van der Waals surface area (Å²) in [5.74, 6) is -0.000464. The van der Waals surface area contributed by atoms with Crippen molar-refractivity contribution >= 4 is 39.8 Å². The first-order chi connectivity index (χ1) is 13.5. The number of amides is 1. The van der Waals surface area contributed by atoms with Crippen molar-refractivity contribution in [3.8, 4) is 0 Å². The summed E-state index contributed by atoms with van der Waals surface area (Å²) in [6, 6.07) is 14.5. The number of thioether (sulfide) groups is 1. The summed E-state index contributed by atoms with van der Waals surface area (Å²) in [5, 5.41) is 11.7. The Bertz CT molecular complexity index is 930. The minimum atomic E-state index is -0.318. The number of hydrogen-bond donors (Lipinski definition) is 1. The topological polar surface area (TPSA) is 58.1 Å². The highest BCUT2D eigenvalue weighted by atomic mass is 32.2. The first-order valence-electron chi connectivity index (χ1n) is 8.84. The van der Waals surface area contributed by atoms with Gasteiger partial charge in [-0.25, -0.2) is 4.39 Å². The van der Waals surface area contributed by atoms with E-state index in [1.165, 1.54) is 40.8 Å². The van der Waals surface area contributed by atoms with Gasteiger partial charge in [0.25, 0.3) is 0 Å². The number of rotatable bonds is 8. The first kappa shape index (κ1) is 20.3. The molecule has 0 saturated heterocycles. The fraction of sp³-hybridized carbons (Fsp3) is 0.250. The molecule has 8 heteroatoms. The third-order valence-electron chi connectivity index (χ3n) is 4.08. The normalized spacial score (nSPS) is 10.7. The highest BCUT2D eigenvalue weighted by Crippen LogP contribution is 2.28. The van der Waals surface area contributed by atoms with E-state index < -0.39 is 0 Å². The van der Waals surface area contributed by atoms with Gasteiger partial charge in [-0.05, 0) is 35.7 Å². The molecule has 0 aliphatic heterocycles. The highest BCUT2D eigenvalue weighted by molar-refractivity contribution is 8.01. The second kappa shape index (κ2) is 9.66. The fourth-order valence-electron chi connectivity index (χ4n) is 2.48. The van der Waals surface area contributed by atoms with E-state index in [-0.39, 0.29) is 17.5 Å². The van der Waals surface area contributed by atoms with Crippen LogP contribution in [0.25, 0.3) is 0 Å². The van der Waals surface area contributed by atoms with Crippen LogP contribution in [0.4, 0.5) is 15.2 Å². The van der Waals surface area contributed by atoms with E-state index in [0.29, 0.717) is 21.7 Å². The molecule has 0 bridgehead atoms. The van der Waals surface area contributed by atoms with Gasteiger partial charge < -0.3 is 10.2 Å². The van der Waals surface area contributed by atoms with E-state index in [4.69, 9.17) is 0 Å². The number of halogens is 1. The third kappa shape index (κ3) is 5.77. The van der Waals surface area contributed by atoms with Crippen LogP contribution in [0.3, 0.4) is 0 Å². The molecule has 1 heterocycles. The largest absolute Gasteiger partial charge is 0.341 e. The quantitative estimate of drug-likeness (QED) is 0.538. The Labute approximate surface area is 172 Å². The fourth-order valence-corrected chi connectivity index (χ4v) is 4.20. The molecule has 0 fully saturated rings. The highest BCUT2D eigenvalue weighted by Gasteiger charge is 2.12. The molecule has 1 amide bonds. The number of aromatic nitrogens is 2. The van der Waals surface area contributed by atoms with Gasteiger partial charge in [0.15, 0.2) is 4.34 Å². The van der Waals surface area contributed by atoms with Gasteiger partial charge in [0.05, 0.1) is 5.75 Å². The van der Waals surface area contributed by atoms with Crippen LogP contribution in [-0.4, -0.2) is 33.8 Å². The van der Waals surface area contributed by atoms with Crippen LogP contribution >= 0.6 is 23.1 Å². The van der Waals surface area contributed by atoms with Gasteiger partial charge in [0.1, 0.15) is 5.82 Å². The zero-order valence-corrected chi connectivity index (χ0v) is 17.3. The minimum Gasteiger partial charge on any atom is -0.341 e. The van der Waals surface area contributed by atoms with Crippen LogP contribution in [0.2, 0.25) is 0 Å². The standard InChI is InChI=1S/C20H21FN4OS2/c1-3-14-7-9-15(10-8-14)12-25(2)18(26)13-27-20-24-23-19(28-20)22-17-6-4-5-16(21)11-17/h4-11H,3,12-13H2,1-2H3,(H,22,23). The predicted molar refractivity (Wildman–Crippen MR) is 113 cm³/mol. The molecule has 0 aliphatic rings. The second-order valence-corrected chi connectivity index (χ2v) is 8.42. The SMILES string of the molecule is CCc1ccc(CN(C)C(=O)CSc2nnc(Nc3cccc(F)c3)s2)cc1. The maximum Gasteiger partial charge on any atom is 0.233 e. The second-order valence-electron chi connectivity index (χ2n) is 6.22. The molecule has 0 aliphatic carbocycles. The third-order valence-corrected chi connectivity index (χ3v) is 6.03. The van der Waals surface area contributed by atoms with Crippen molar-refractivity contribution in [3.63, 3.8) is 0 Å². The van der Waals surface area contributed by atoms with Crippen LogP contribution in [0, 0.1) is 5.82 Å². The Balaban J connectivity index is 1.49. The van der Waals surface area contributed by atoms with E-state index in [0.717, 1.165) is 12.0 Å². The van der Waals surface area contributed by atoms with Gasteiger partial charge in [-0.3, -0.25) is 4.79 Å². The Hall–Kier alpha value is -2.45. The molecule has 3 rings (SSSR count). The van der Waals surface area contributed by atoms with Crippen molar-refractivity contribution < 1.29 is 9.18 Å². The van der Waals surface area contributed by atoms with E-state index in [2.05, 4.69) is 46.7 Å². The van der Waals surface area contributed by atoms with E-state index in [9.17, 15) is 9.18 Å². The summed E-state index contributed by atoms with van der Waals surface area (Å²) >= 11 is 2.68. The van der Waals surface area contributed by atoms with Crippen LogP contribution < -0.4 is 5.32 Å². The van der Waals surface area contributed by atoms with Gasteiger partial charge in [-0.2, -0.15) is 0 Å². The molecule has 2 aromatic carbocycles. The average Bonchev–Trinajstić information content (AvgIpc) is 3.14. The Morgan fingerprint density at radius 3 is 2.64 bits per heavy atom. The molecule has 1 aromatic heterocycles. The maximum absolute atomic E-state index is 13.2. The summed E-state index contributed by atoms with van der Waals surface area (Å²) in [6.45, 7) is 2.69. The number of hydrogen-bond acceptors (Lipinski definition) is 6. The number of aryl methyl sites for hydroxylation is 1. The molecule has 0 unspecified atom stereocenters. The lowest BCUT2D eigenvalue weighted by atomic mass is 10.1.